The summed E-state index contributed by atoms with van der Waals surface area (Å²) in [5.74, 6) is 1.42. The Morgan fingerprint density at radius 1 is 1.44 bits per heavy atom. The van der Waals surface area contributed by atoms with Crippen molar-refractivity contribution in [1.29, 1.82) is 0 Å². The maximum Gasteiger partial charge on any atom is 0.215 e. The highest BCUT2D eigenvalue weighted by molar-refractivity contribution is 7.90. The van der Waals surface area contributed by atoms with E-state index in [0.717, 1.165) is 18.6 Å². The van der Waals surface area contributed by atoms with E-state index in [1.807, 2.05) is 13.0 Å². The smallest absolute Gasteiger partial charge is 0.215 e. The fourth-order valence-electron chi connectivity index (χ4n) is 1.62. The van der Waals surface area contributed by atoms with Gasteiger partial charge in [0.25, 0.3) is 0 Å². The Morgan fingerprint density at radius 2 is 2.17 bits per heavy atom. The summed E-state index contributed by atoms with van der Waals surface area (Å²) in [6.07, 6.45) is 2.32. The molecule has 0 bridgehead atoms. The Balaban J connectivity index is 1.81. The van der Waals surface area contributed by atoms with E-state index in [-0.39, 0.29) is 6.54 Å². The zero-order valence-electron chi connectivity index (χ0n) is 10.8. The van der Waals surface area contributed by atoms with Gasteiger partial charge in [-0.3, -0.25) is 0 Å². The number of furan rings is 1. The van der Waals surface area contributed by atoms with Gasteiger partial charge in [0.05, 0.1) is 11.8 Å². The Bertz CT molecular complexity index is 491. The molecule has 18 heavy (non-hydrogen) atoms. The molecule has 0 aliphatic heterocycles. The monoisotopic (exact) mass is 272 g/mol. The van der Waals surface area contributed by atoms with Gasteiger partial charge < -0.3 is 9.73 Å². The van der Waals surface area contributed by atoms with Crippen molar-refractivity contribution in [3.63, 3.8) is 0 Å². The summed E-state index contributed by atoms with van der Waals surface area (Å²) in [7, 11) is -3.29. The van der Waals surface area contributed by atoms with E-state index in [1.54, 1.807) is 13.0 Å². The Morgan fingerprint density at radius 3 is 2.72 bits per heavy atom. The van der Waals surface area contributed by atoms with E-state index in [1.165, 1.54) is 0 Å². The van der Waals surface area contributed by atoms with Gasteiger partial charge in [0.2, 0.25) is 10.0 Å². The summed E-state index contributed by atoms with van der Waals surface area (Å²) in [6.45, 7) is 4.26. The van der Waals surface area contributed by atoms with Crippen LogP contribution < -0.4 is 10.0 Å². The Kier molecular flexibility index (Phi) is 4.09. The normalized spacial score (nSPS) is 17.9. The second kappa shape index (κ2) is 5.42. The number of nitrogens with one attached hydrogen (secondary N) is 2. The minimum absolute atomic E-state index is 0.212. The molecule has 2 rings (SSSR count). The van der Waals surface area contributed by atoms with Crippen molar-refractivity contribution in [3.8, 4) is 0 Å². The third-order valence-corrected chi connectivity index (χ3v) is 4.82. The molecule has 1 heterocycles. The molecule has 0 amide bonds. The van der Waals surface area contributed by atoms with E-state index in [2.05, 4.69) is 10.0 Å². The molecule has 5 nitrogen and oxygen atoms in total. The van der Waals surface area contributed by atoms with Gasteiger partial charge in [0.1, 0.15) is 11.5 Å². The maximum atomic E-state index is 12.0. The largest absolute Gasteiger partial charge is 0.465 e. The first-order valence-electron chi connectivity index (χ1n) is 6.24. The molecule has 1 aliphatic rings. The second-order valence-corrected chi connectivity index (χ2v) is 7.06. The van der Waals surface area contributed by atoms with Gasteiger partial charge in [0, 0.05) is 12.6 Å². The van der Waals surface area contributed by atoms with Crippen molar-refractivity contribution in [2.24, 2.45) is 0 Å². The summed E-state index contributed by atoms with van der Waals surface area (Å²) >= 11 is 0. The topological polar surface area (TPSA) is 71.3 Å². The Labute approximate surface area is 108 Å². The molecule has 1 unspecified atom stereocenters. The van der Waals surface area contributed by atoms with Gasteiger partial charge >= 0.3 is 0 Å². The van der Waals surface area contributed by atoms with Crippen LogP contribution >= 0.6 is 0 Å². The lowest BCUT2D eigenvalue weighted by atomic mass is 10.4. The van der Waals surface area contributed by atoms with Crippen LogP contribution in [0.15, 0.2) is 16.5 Å². The van der Waals surface area contributed by atoms with Crippen molar-refractivity contribution in [1.82, 2.24) is 10.0 Å². The van der Waals surface area contributed by atoms with Crippen LogP contribution in [-0.4, -0.2) is 26.3 Å². The van der Waals surface area contributed by atoms with Crippen LogP contribution in [-0.2, 0) is 16.6 Å². The molecular weight excluding hydrogens is 252 g/mol. The van der Waals surface area contributed by atoms with Gasteiger partial charge in [-0.05, 0) is 38.8 Å². The van der Waals surface area contributed by atoms with Gasteiger partial charge in [-0.25, -0.2) is 13.1 Å². The molecule has 1 aromatic heterocycles. The highest BCUT2D eigenvalue weighted by atomic mass is 32.2. The van der Waals surface area contributed by atoms with Crippen LogP contribution in [0.4, 0.5) is 0 Å². The fourth-order valence-corrected chi connectivity index (χ4v) is 2.57. The number of hydrogen-bond acceptors (Lipinski definition) is 4. The molecule has 1 fully saturated rings. The summed E-state index contributed by atoms with van der Waals surface area (Å²) in [5.41, 5.74) is 0. The highest BCUT2D eigenvalue weighted by Crippen LogP contribution is 2.18. The van der Waals surface area contributed by atoms with E-state index in [9.17, 15) is 8.42 Å². The lowest BCUT2D eigenvalue weighted by molar-refractivity contribution is 0.473. The zero-order valence-corrected chi connectivity index (χ0v) is 11.6. The predicted octanol–water partition coefficient (Wildman–Crippen LogP) is 1.15. The summed E-state index contributed by atoms with van der Waals surface area (Å²) < 4.78 is 31.8. The van der Waals surface area contributed by atoms with E-state index in [4.69, 9.17) is 4.42 Å². The van der Waals surface area contributed by atoms with E-state index >= 15 is 0 Å². The third kappa shape index (κ3) is 3.83. The Hall–Kier alpha value is -0.850. The van der Waals surface area contributed by atoms with Gasteiger partial charge in [-0.2, -0.15) is 0 Å². The molecule has 0 aromatic carbocycles. The number of rotatable bonds is 7. The molecule has 1 aliphatic carbocycles. The third-order valence-electron chi connectivity index (χ3n) is 3.04. The lowest BCUT2D eigenvalue weighted by Crippen LogP contribution is -2.39. The van der Waals surface area contributed by atoms with Crippen molar-refractivity contribution < 1.29 is 12.8 Å². The molecule has 1 saturated carbocycles. The molecule has 6 heteroatoms. The van der Waals surface area contributed by atoms with Crippen LogP contribution in [0, 0.1) is 6.92 Å². The minimum Gasteiger partial charge on any atom is -0.465 e. The van der Waals surface area contributed by atoms with Crippen LogP contribution in [0.1, 0.15) is 31.3 Å². The SMILES string of the molecule is Cc1ccc(CNS(=O)(=O)C(C)CNC2CC2)o1. The number of sulfonamides is 1. The van der Waals surface area contributed by atoms with E-state index in [0.29, 0.717) is 18.3 Å². The average molecular weight is 272 g/mol. The molecule has 0 radical (unpaired) electrons. The van der Waals surface area contributed by atoms with Crippen LogP contribution in [0.25, 0.3) is 0 Å². The van der Waals surface area contributed by atoms with Crippen LogP contribution in [0.3, 0.4) is 0 Å². The summed E-state index contributed by atoms with van der Waals surface area (Å²) in [6, 6.07) is 4.13. The highest BCUT2D eigenvalue weighted by Gasteiger charge is 2.25. The number of hydrogen-bond donors (Lipinski definition) is 2. The van der Waals surface area contributed by atoms with Crippen molar-refractivity contribution in [3.05, 3.63) is 23.7 Å². The molecule has 2 N–H and O–H groups in total. The van der Waals surface area contributed by atoms with Crippen molar-refractivity contribution >= 4 is 10.0 Å². The standard InChI is InChI=1S/C12H20N2O3S/c1-9-3-6-12(17-9)8-14-18(15,16)10(2)7-13-11-4-5-11/h3,6,10-11,13-14H,4-5,7-8H2,1-2H3. The van der Waals surface area contributed by atoms with E-state index < -0.39 is 15.3 Å². The first-order chi connectivity index (χ1) is 8.47. The molecule has 0 saturated heterocycles. The quantitative estimate of drug-likeness (QED) is 0.781. The summed E-state index contributed by atoms with van der Waals surface area (Å²) in [5, 5.41) is 2.79. The first kappa shape index (κ1) is 13.6. The maximum absolute atomic E-state index is 12.0. The van der Waals surface area contributed by atoms with Crippen molar-refractivity contribution in [2.75, 3.05) is 6.54 Å². The second-order valence-electron chi connectivity index (χ2n) is 4.87. The van der Waals surface area contributed by atoms with Crippen molar-refractivity contribution in [2.45, 2.75) is 44.5 Å². The summed E-state index contributed by atoms with van der Waals surface area (Å²) in [4.78, 5) is 0. The fraction of sp³-hybridized carbons (Fsp3) is 0.667. The molecule has 1 aromatic rings. The van der Waals surface area contributed by atoms with Gasteiger partial charge in [-0.1, -0.05) is 0 Å². The molecule has 102 valence electrons. The first-order valence-corrected chi connectivity index (χ1v) is 7.79. The van der Waals surface area contributed by atoms with Crippen LogP contribution in [0.2, 0.25) is 0 Å². The lowest BCUT2D eigenvalue weighted by Gasteiger charge is -2.13. The predicted molar refractivity (Wildman–Crippen MR) is 69.7 cm³/mol. The minimum atomic E-state index is -3.29. The van der Waals surface area contributed by atoms with Crippen LogP contribution in [0.5, 0.6) is 0 Å². The van der Waals surface area contributed by atoms with Gasteiger partial charge in [-0.15, -0.1) is 0 Å². The van der Waals surface area contributed by atoms with Gasteiger partial charge in [0.15, 0.2) is 0 Å². The average Bonchev–Trinajstić information content (AvgIpc) is 3.06. The molecular formula is C12H20N2O3S. The molecule has 0 spiro atoms. The zero-order chi connectivity index (χ0) is 13.2. The number of aryl methyl sites for hydroxylation is 1. The molecule has 1 atom stereocenters.